The molecule has 0 amide bonds. The van der Waals surface area contributed by atoms with Crippen molar-refractivity contribution in [3.05, 3.63) is 96.2 Å². The molecule has 4 nitrogen and oxygen atoms in total. The standard InChI is InChI=1S/C25H23NO3/c27-17-7-8-19-13-15-22(16-14-19)28-18-23-24(20-9-3-1-4-10-20)29-25(26-23)21-11-5-2-6-12-21/h1-6,9-16,27H,7-8,17-18H2. The Morgan fingerprint density at radius 3 is 2.10 bits per heavy atom. The Labute approximate surface area is 170 Å². The van der Waals surface area contributed by atoms with Crippen molar-refractivity contribution in [1.29, 1.82) is 0 Å². The molecule has 0 aliphatic carbocycles. The molecule has 0 atom stereocenters. The minimum atomic E-state index is 0.205. The SMILES string of the molecule is OCCCc1ccc(OCc2nc(-c3ccccc3)oc2-c2ccccc2)cc1. The molecule has 0 bridgehead atoms. The van der Waals surface area contributed by atoms with Gasteiger partial charge in [0.15, 0.2) is 5.76 Å². The summed E-state index contributed by atoms with van der Waals surface area (Å²) in [5.41, 5.74) is 3.85. The van der Waals surface area contributed by atoms with Crippen molar-refractivity contribution in [2.45, 2.75) is 19.4 Å². The number of rotatable bonds is 8. The van der Waals surface area contributed by atoms with Gasteiger partial charge in [0.05, 0.1) is 0 Å². The third-order valence-electron chi connectivity index (χ3n) is 4.68. The number of hydrogen-bond acceptors (Lipinski definition) is 4. The molecule has 1 N–H and O–H groups in total. The fourth-order valence-electron chi connectivity index (χ4n) is 3.16. The highest BCUT2D eigenvalue weighted by atomic mass is 16.5. The first-order valence-electron chi connectivity index (χ1n) is 9.76. The van der Waals surface area contributed by atoms with Crippen molar-refractivity contribution in [2.75, 3.05) is 6.61 Å². The lowest BCUT2D eigenvalue weighted by Crippen LogP contribution is -1.98. The predicted octanol–water partition coefficient (Wildman–Crippen LogP) is 5.51. The van der Waals surface area contributed by atoms with Crippen LogP contribution in [0.3, 0.4) is 0 Å². The van der Waals surface area contributed by atoms with Crippen LogP contribution in [0.4, 0.5) is 0 Å². The molecule has 0 saturated heterocycles. The molecule has 3 aromatic carbocycles. The molecule has 0 aliphatic rings. The maximum Gasteiger partial charge on any atom is 0.227 e. The molecule has 0 unspecified atom stereocenters. The normalized spacial score (nSPS) is 10.8. The summed E-state index contributed by atoms with van der Waals surface area (Å²) in [6.45, 7) is 0.521. The second kappa shape index (κ2) is 9.22. The maximum absolute atomic E-state index is 8.96. The average molecular weight is 385 g/mol. The monoisotopic (exact) mass is 385 g/mol. The quantitative estimate of drug-likeness (QED) is 0.434. The summed E-state index contributed by atoms with van der Waals surface area (Å²) < 4.78 is 12.1. The van der Waals surface area contributed by atoms with Crippen LogP contribution in [0.25, 0.3) is 22.8 Å². The molecule has 4 rings (SSSR count). The molecule has 0 fully saturated rings. The highest BCUT2D eigenvalue weighted by molar-refractivity contribution is 5.64. The lowest BCUT2D eigenvalue weighted by Gasteiger charge is -2.07. The van der Waals surface area contributed by atoms with Crippen LogP contribution in [0.2, 0.25) is 0 Å². The van der Waals surface area contributed by atoms with E-state index in [0.29, 0.717) is 12.5 Å². The fourth-order valence-corrected chi connectivity index (χ4v) is 3.16. The van der Waals surface area contributed by atoms with Crippen LogP contribution in [-0.4, -0.2) is 16.7 Å². The van der Waals surface area contributed by atoms with Gasteiger partial charge >= 0.3 is 0 Å². The number of nitrogens with zero attached hydrogens (tertiary/aromatic N) is 1. The average Bonchev–Trinajstić information content (AvgIpc) is 3.22. The topological polar surface area (TPSA) is 55.5 Å². The van der Waals surface area contributed by atoms with Gasteiger partial charge in [-0.05, 0) is 42.7 Å². The van der Waals surface area contributed by atoms with Crippen molar-refractivity contribution < 1.29 is 14.3 Å². The van der Waals surface area contributed by atoms with Crippen LogP contribution in [0.1, 0.15) is 17.7 Å². The first-order chi connectivity index (χ1) is 14.3. The minimum absolute atomic E-state index is 0.205. The molecule has 4 aromatic rings. The van der Waals surface area contributed by atoms with Crippen molar-refractivity contribution in [3.8, 4) is 28.5 Å². The number of ether oxygens (including phenoxy) is 1. The molecule has 146 valence electrons. The molecule has 29 heavy (non-hydrogen) atoms. The molecule has 0 aliphatic heterocycles. The van der Waals surface area contributed by atoms with Crippen LogP contribution in [0.15, 0.2) is 89.3 Å². The van der Waals surface area contributed by atoms with Crippen molar-refractivity contribution in [1.82, 2.24) is 4.98 Å². The lowest BCUT2D eigenvalue weighted by molar-refractivity contribution is 0.288. The molecule has 1 heterocycles. The van der Waals surface area contributed by atoms with Crippen LogP contribution < -0.4 is 4.74 Å². The highest BCUT2D eigenvalue weighted by Crippen LogP contribution is 2.30. The molecule has 4 heteroatoms. The van der Waals surface area contributed by atoms with E-state index in [1.54, 1.807) is 0 Å². The summed E-state index contributed by atoms with van der Waals surface area (Å²) >= 11 is 0. The number of aliphatic hydroxyl groups is 1. The Bertz CT molecular complexity index is 1020. The zero-order valence-corrected chi connectivity index (χ0v) is 16.1. The van der Waals surface area contributed by atoms with E-state index in [9.17, 15) is 0 Å². The molecule has 0 radical (unpaired) electrons. The largest absolute Gasteiger partial charge is 0.487 e. The summed E-state index contributed by atoms with van der Waals surface area (Å²) in [6.07, 6.45) is 1.63. The minimum Gasteiger partial charge on any atom is -0.487 e. The van der Waals surface area contributed by atoms with Gasteiger partial charge in [-0.3, -0.25) is 0 Å². The van der Waals surface area contributed by atoms with Gasteiger partial charge in [-0.15, -0.1) is 0 Å². The summed E-state index contributed by atoms with van der Waals surface area (Å²) in [7, 11) is 0. The summed E-state index contributed by atoms with van der Waals surface area (Å²) in [5.74, 6) is 2.09. The van der Waals surface area contributed by atoms with Crippen LogP contribution >= 0.6 is 0 Å². The van der Waals surface area contributed by atoms with E-state index in [2.05, 4.69) is 0 Å². The fraction of sp³-hybridized carbons (Fsp3) is 0.160. The second-order valence-electron chi connectivity index (χ2n) is 6.79. The van der Waals surface area contributed by atoms with Crippen molar-refractivity contribution in [3.63, 3.8) is 0 Å². The summed E-state index contributed by atoms with van der Waals surface area (Å²) in [6, 6.07) is 27.8. The van der Waals surface area contributed by atoms with Crippen molar-refractivity contribution >= 4 is 0 Å². The van der Waals surface area contributed by atoms with Gasteiger partial charge in [-0.25, -0.2) is 4.98 Å². The van der Waals surface area contributed by atoms with Gasteiger partial charge < -0.3 is 14.3 Å². The molecule has 1 aromatic heterocycles. The molecular formula is C25H23NO3. The summed E-state index contributed by atoms with van der Waals surface area (Å²) in [5, 5.41) is 8.96. The Hall–Kier alpha value is -3.37. The first-order valence-corrected chi connectivity index (χ1v) is 9.76. The molecule has 0 spiro atoms. The number of oxazole rings is 1. The van der Waals surface area contributed by atoms with E-state index < -0.39 is 0 Å². The van der Waals surface area contributed by atoms with Gasteiger partial charge in [0.2, 0.25) is 5.89 Å². The van der Waals surface area contributed by atoms with E-state index in [0.717, 1.165) is 41.2 Å². The number of aryl methyl sites for hydroxylation is 1. The van der Waals surface area contributed by atoms with E-state index in [4.69, 9.17) is 19.2 Å². The van der Waals surface area contributed by atoms with Gasteiger partial charge in [0.1, 0.15) is 18.1 Å². The van der Waals surface area contributed by atoms with Crippen molar-refractivity contribution in [2.24, 2.45) is 0 Å². The number of hydrogen-bond donors (Lipinski definition) is 1. The maximum atomic E-state index is 8.96. The van der Waals surface area contributed by atoms with E-state index in [1.165, 1.54) is 5.56 Å². The number of benzene rings is 3. The first kappa shape index (κ1) is 19.0. The van der Waals surface area contributed by atoms with Crippen LogP contribution in [0.5, 0.6) is 5.75 Å². The Morgan fingerprint density at radius 2 is 1.45 bits per heavy atom. The zero-order valence-electron chi connectivity index (χ0n) is 16.1. The van der Waals surface area contributed by atoms with Gasteiger partial charge in [-0.1, -0.05) is 60.7 Å². The van der Waals surface area contributed by atoms with Gasteiger partial charge in [-0.2, -0.15) is 0 Å². The van der Waals surface area contributed by atoms with E-state index in [1.807, 2.05) is 84.9 Å². The van der Waals surface area contributed by atoms with E-state index in [-0.39, 0.29) is 6.61 Å². The van der Waals surface area contributed by atoms with Gasteiger partial charge in [0.25, 0.3) is 0 Å². The van der Waals surface area contributed by atoms with Crippen LogP contribution in [0, 0.1) is 0 Å². The van der Waals surface area contributed by atoms with E-state index >= 15 is 0 Å². The Balaban J connectivity index is 1.56. The summed E-state index contributed by atoms with van der Waals surface area (Å²) in [4.78, 5) is 4.71. The highest BCUT2D eigenvalue weighted by Gasteiger charge is 2.17. The Morgan fingerprint density at radius 1 is 0.793 bits per heavy atom. The third kappa shape index (κ3) is 4.73. The lowest BCUT2D eigenvalue weighted by atomic mass is 10.1. The Kier molecular flexibility index (Phi) is 6.03. The number of aliphatic hydroxyl groups excluding tert-OH is 1. The molecule has 0 saturated carbocycles. The smallest absolute Gasteiger partial charge is 0.227 e. The van der Waals surface area contributed by atoms with Crippen LogP contribution in [-0.2, 0) is 13.0 Å². The van der Waals surface area contributed by atoms with Gasteiger partial charge in [0, 0.05) is 17.7 Å². The predicted molar refractivity (Wildman–Crippen MR) is 114 cm³/mol. The zero-order chi connectivity index (χ0) is 19.9. The second-order valence-corrected chi connectivity index (χ2v) is 6.79. The third-order valence-corrected chi connectivity index (χ3v) is 4.68. The molecular weight excluding hydrogens is 362 g/mol. The number of aromatic nitrogens is 1.